The maximum absolute atomic E-state index is 11.7. The molecular formula is C13H21N5O. The van der Waals surface area contributed by atoms with Crippen molar-refractivity contribution in [2.24, 2.45) is 0 Å². The van der Waals surface area contributed by atoms with Crippen LogP contribution in [0.3, 0.4) is 0 Å². The lowest BCUT2D eigenvalue weighted by Gasteiger charge is -2.32. The molecule has 1 saturated heterocycles. The second-order valence-electron chi connectivity index (χ2n) is 4.85. The summed E-state index contributed by atoms with van der Waals surface area (Å²) in [6.07, 6.45) is 1.03. The third-order valence-electron chi connectivity index (χ3n) is 3.16. The molecule has 2 rings (SSSR count). The third-order valence-corrected chi connectivity index (χ3v) is 3.16. The normalized spacial score (nSPS) is 15.8. The summed E-state index contributed by atoms with van der Waals surface area (Å²) < 4.78 is 0. The SMILES string of the molecule is CCCNc1nc(C)cc(N2CCN(C)C(=O)C2)n1. The fourth-order valence-electron chi connectivity index (χ4n) is 1.98. The summed E-state index contributed by atoms with van der Waals surface area (Å²) >= 11 is 0. The molecule has 1 aromatic rings. The lowest BCUT2D eigenvalue weighted by molar-refractivity contribution is -0.129. The van der Waals surface area contributed by atoms with Crippen molar-refractivity contribution in [2.45, 2.75) is 20.3 Å². The summed E-state index contributed by atoms with van der Waals surface area (Å²) in [5, 5.41) is 3.19. The number of carbonyl (C=O) groups is 1. The highest BCUT2D eigenvalue weighted by molar-refractivity contribution is 5.82. The lowest BCUT2D eigenvalue weighted by Crippen LogP contribution is -2.48. The van der Waals surface area contributed by atoms with Crippen molar-refractivity contribution in [2.75, 3.05) is 43.4 Å². The Morgan fingerprint density at radius 3 is 2.84 bits per heavy atom. The van der Waals surface area contributed by atoms with Gasteiger partial charge < -0.3 is 15.1 Å². The Kier molecular flexibility index (Phi) is 4.19. The zero-order chi connectivity index (χ0) is 13.8. The molecule has 1 amide bonds. The number of hydrogen-bond acceptors (Lipinski definition) is 5. The van der Waals surface area contributed by atoms with Crippen molar-refractivity contribution in [1.29, 1.82) is 0 Å². The molecule has 1 N–H and O–H groups in total. The van der Waals surface area contributed by atoms with E-state index in [0.717, 1.165) is 37.6 Å². The average molecular weight is 263 g/mol. The highest BCUT2D eigenvalue weighted by Gasteiger charge is 2.22. The molecule has 0 radical (unpaired) electrons. The lowest BCUT2D eigenvalue weighted by atomic mass is 10.3. The topological polar surface area (TPSA) is 61.4 Å². The number of aryl methyl sites for hydroxylation is 1. The number of nitrogens with one attached hydrogen (secondary N) is 1. The van der Waals surface area contributed by atoms with Gasteiger partial charge in [-0.3, -0.25) is 4.79 Å². The Morgan fingerprint density at radius 2 is 2.16 bits per heavy atom. The highest BCUT2D eigenvalue weighted by atomic mass is 16.2. The van der Waals surface area contributed by atoms with E-state index in [-0.39, 0.29) is 5.91 Å². The first-order valence-corrected chi connectivity index (χ1v) is 6.68. The van der Waals surface area contributed by atoms with Gasteiger partial charge in [0.25, 0.3) is 0 Å². The van der Waals surface area contributed by atoms with E-state index in [4.69, 9.17) is 0 Å². The predicted molar refractivity (Wildman–Crippen MR) is 75.4 cm³/mol. The first-order chi connectivity index (χ1) is 9.10. The quantitative estimate of drug-likeness (QED) is 0.874. The van der Waals surface area contributed by atoms with Crippen LogP contribution in [-0.4, -0.2) is 54.0 Å². The number of carbonyl (C=O) groups excluding carboxylic acids is 1. The van der Waals surface area contributed by atoms with Crippen LogP contribution in [0.1, 0.15) is 19.0 Å². The first-order valence-electron chi connectivity index (χ1n) is 6.68. The van der Waals surface area contributed by atoms with E-state index in [2.05, 4.69) is 22.2 Å². The standard InChI is InChI=1S/C13H21N5O/c1-4-5-14-13-15-10(2)8-11(16-13)18-7-6-17(3)12(19)9-18/h8H,4-7,9H2,1-3H3,(H,14,15,16). The number of likely N-dealkylation sites (N-methyl/N-ethyl adjacent to an activating group) is 1. The van der Waals surface area contributed by atoms with Crippen LogP contribution in [0.25, 0.3) is 0 Å². The molecule has 6 heteroatoms. The van der Waals surface area contributed by atoms with Crippen LogP contribution in [0.4, 0.5) is 11.8 Å². The van der Waals surface area contributed by atoms with Crippen LogP contribution in [0.15, 0.2) is 6.07 Å². The van der Waals surface area contributed by atoms with Crippen molar-refractivity contribution in [1.82, 2.24) is 14.9 Å². The van der Waals surface area contributed by atoms with Crippen LogP contribution < -0.4 is 10.2 Å². The van der Waals surface area contributed by atoms with Crippen LogP contribution in [0, 0.1) is 6.92 Å². The number of nitrogens with zero attached hydrogens (tertiary/aromatic N) is 4. The summed E-state index contributed by atoms with van der Waals surface area (Å²) in [6.45, 7) is 6.83. The molecule has 1 aliphatic heterocycles. The number of piperazine rings is 1. The maximum atomic E-state index is 11.7. The van der Waals surface area contributed by atoms with Crippen molar-refractivity contribution >= 4 is 17.7 Å². The molecule has 1 fully saturated rings. The Balaban J connectivity index is 2.15. The Labute approximate surface area is 113 Å². The Hall–Kier alpha value is -1.85. The van der Waals surface area contributed by atoms with Gasteiger partial charge in [0, 0.05) is 38.4 Å². The molecule has 0 aliphatic carbocycles. The summed E-state index contributed by atoms with van der Waals surface area (Å²) in [6, 6.07) is 1.93. The van der Waals surface area contributed by atoms with Gasteiger partial charge >= 0.3 is 0 Å². The van der Waals surface area contributed by atoms with Crippen molar-refractivity contribution in [3.05, 3.63) is 11.8 Å². The maximum Gasteiger partial charge on any atom is 0.241 e. The van der Waals surface area contributed by atoms with E-state index in [1.807, 2.05) is 24.9 Å². The molecule has 0 saturated carbocycles. The molecule has 1 aromatic heterocycles. The van der Waals surface area contributed by atoms with Crippen molar-refractivity contribution in [3.8, 4) is 0 Å². The van der Waals surface area contributed by atoms with Crippen molar-refractivity contribution in [3.63, 3.8) is 0 Å². The molecule has 2 heterocycles. The highest BCUT2D eigenvalue weighted by Crippen LogP contribution is 2.16. The molecule has 104 valence electrons. The molecule has 1 aliphatic rings. The summed E-state index contributed by atoms with van der Waals surface area (Å²) in [7, 11) is 1.83. The summed E-state index contributed by atoms with van der Waals surface area (Å²) in [5.74, 6) is 1.60. The van der Waals surface area contributed by atoms with Crippen LogP contribution in [0.5, 0.6) is 0 Å². The van der Waals surface area contributed by atoms with E-state index in [0.29, 0.717) is 12.5 Å². The number of rotatable bonds is 4. The fraction of sp³-hybridized carbons (Fsp3) is 0.615. The summed E-state index contributed by atoms with van der Waals surface area (Å²) in [4.78, 5) is 24.3. The van der Waals surface area contributed by atoms with Crippen LogP contribution in [-0.2, 0) is 4.79 Å². The minimum Gasteiger partial charge on any atom is -0.354 e. The van der Waals surface area contributed by atoms with Gasteiger partial charge in [-0.25, -0.2) is 4.98 Å². The minimum atomic E-state index is 0.130. The Morgan fingerprint density at radius 1 is 1.37 bits per heavy atom. The summed E-state index contributed by atoms with van der Waals surface area (Å²) in [5.41, 5.74) is 0.912. The smallest absolute Gasteiger partial charge is 0.241 e. The second kappa shape index (κ2) is 5.86. The van der Waals surface area contributed by atoms with Crippen LogP contribution in [0.2, 0.25) is 0 Å². The van der Waals surface area contributed by atoms with Gasteiger partial charge in [-0.05, 0) is 13.3 Å². The van der Waals surface area contributed by atoms with E-state index in [1.165, 1.54) is 0 Å². The molecule has 0 aromatic carbocycles. The van der Waals surface area contributed by atoms with Crippen molar-refractivity contribution < 1.29 is 4.79 Å². The van der Waals surface area contributed by atoms with Crippen LogP contribution >= 0.6 is 0 Å². The number of anilines is 2. The second-order valence-corrected chi connectivity index (χ2v) is 4.85. The molecule has 0 unspecified atom stereocenters. The molecule has 0 atom stereocenters. The molecule has 0 bridgehead atoms. The van der Waals surface area contributed by atoms with Gasteiger partial charge in [-0.2, -0.15) is 4.98 Å². The van der Waals surface area contributed by atoms with Gasteiger partial charge in [0.15, 0.2) is 0 Å². The Bertz CT molecular complexity index is 462. The fourth-order valence-corrected chi connectivity index (χ4v) is 1.98. The van der Waals surface area contributed by atoms with E-state index < -0.39 is 0 Å². The van der Waals surface area contributed by atoms with E-state index in [9.17, 15) is 4.79 Å². The number of amides is 1. The van der Waals surface area contributed by atoms with Gasteiger partial charge in [0.2, 0.25) is 11.9 Å². The monoisotopic (exact) mass is 263 g/mol. The molecule has 0 spiro atoms. The average Bonchev–Trinajstić information content (AvgIpc) is 2.39. The van der Waals surface area contributed by atoms with Gasteiger partial charge in [-0.15, -0.1) is 0 Å². The molecular weight excluding hydrogens is 242 g/mol. The minimum absolute atomic E-state index is 0.130. The van der Waals surface area contributed by atoms with E-state index in [1.54, 1.807) is 4.90 Å². The largest absolute Gasteiger partial charge is 0.354 e. The first kappa shape index (κ1) is 13.6. The zero-order valence-corrected chi connectivity index (χ0v) is 11.8. The molecule has 6 nitrogen and oxygen atoms in total. The van der Waals surface area contributed by atoms with Gasteiger partial charge in [0.05, 0.1) is 6.54 Å². The number of hydrogen-bond donors (Lipinski definition) is 1. The number of aromatic nitrogens is 2. The zero-order valence-electron chi connectivity index (χ0n) is 11.8. The van der Waals surface area contributed by atoms with Gasteiger partial charge in [-0.1, -0.05) is 6.92 Å². The van der Waals surface area contributed by atoms with E-state index >= 15 is 0 Å². The third kappa shape index (κ3) is 3.33. The molecule has 19 heavy (non-hydrogen) atoms. The van der Waals surface area contributed by atoms with Gasteiger partial charge in [0.1, 0.15) is 5.82 Å². The predicted octanol–water partition coefficient (Wildman–Crippen LogP) is 0.885.